The number of esters is 1. The van der Waals surface area contributed by atoms with E-state index in [0.717, 1.165) is 12.1 Å². The lowest BCUT2D eigenvalue weighted by Gasteiger charge is -2.41. The van der Waals surface area contributed by atoms with Crippen LogP contribution in [0.1, 0.15) is 34.0 Å². The Morgan fingerprint density at radius 2 is 1.62 bits per heavy atom. The van der Waals surface area contributed by atoms with Gasteiger partial charge in [0.2, 0.25) is 6.29 Å². The van der Waals surface area contributed by atoms with Gasteiger partial charge in [-0.05, 0) is 41.5 Å². The van der Waals surface area contributed by atoms with Crippen LogP contribution in [0, 0.1) is 0 Å². The fourth-order valence-corrected chi connectivity index (χ4v) is 4.70. The number of aliphatic hydroxyl groups excluding tert-OH is 3. The van der Waals surface area contributed by atoms with E-state index in [9.17, 15) is 40.2 Å². The summed E-state index contributed by atoms with van der Waals surface area (Å²) in [5, 5.41) is 60.8. The molecule has 42 heavy (non-hydrogen) atoms. The van der Waals surface area contributed by atoms with Crippen LogP contribution in [0.25, 0.3) is 6.08 Å². The Balaban J connectivity index is 1.33. The summed E-state index contributed by atoms with van der Waals surface area (Å²) in [6, 6.07) is 14.5. The Labute approximate surface area is 239 Å². The van der Waals surface area contributed by atoms with Crippen LogP contribution in [0.15, 0.2) is 66.7 Å². The first-order chi connectivity index (χ1) is 20.1. The number of hydrogen-bond donors (Lipinski definition) is 6. The quantitative estimate of drug-likeness (QED) is 0.176. The highest BCUT2D eigenvalue weighted by Crippen LogP contribution is 2.42. The third-order valence-electron chi connectivity index (χ3n) is 6.87. The van der Waals surface area contributed by atoms with Crippen molar-refractivity contribution < 1.29 is 59.2 Å². The van der Waals surface area contributed by atoms with Crippen molar-refractivity contribution in [3.63, 3.8) is 0 Å². The van der Waals surface area contributed by atoms with E-state index in [-0.39, 0.29) is 40.8 Å². The normalized spacial score (nSPS) is 25.5. The number of fused-ring (bicyclic) bond motifs is 1. The first-order valence-corrected chi connectivity index (χ1v) is 13.0. The van der Waals surface area contributed by atoms with Gasteiger partial charge < -0.3 is 49.6 Å². The van der Waals surface area contributed by atoms with Crippen molar-refractivity contribution in [2.75, 3.05) is 6.61 Å². The molecule has 2 aliphatic heterocycles. The van der Waals surface area contributed by atoms with Gasteiger partial charge in [-0.25, -0.2) is 4.79 Å². The van der Waals surface area contributed by atoms with Crippen molar-refractivity contribution in [3.8, 4) is 28.7 Å². The lowest BCUT2D eigenvalue weighted by Crippen LogP contribution is -2.61. The highest BCUT2D eigenvalue weighted by atomic mass is 16.7. The van der Waals surface area contributed by atoms with Gasteiger partial charge in [-0.2, -0.15) is 0 Å². The third kappa shape index (κ3) is 6.16. The molecule has 0 aromatic heterocycles. The molecule has 2 aliphatic rings. The number of Topliss-reactive ketones (excluding diaryl/α,β-unsaturated/α-hetero) is 1. The highest BCUT2D eigenvalue weighted by Gasteiger charge is 2.48. The van der Waals surface area contributed by atoms with Gasteiger partial charge in [0.05, 0.1) is 13.0 Å². The van der Waals surface area contributed by atoms with Crippen molar-refractivity contribution in [2.24, 2.45) is 0 Å². The minimum Gasteiger partial charge on any atom is -0.508 e. The lowest BCUT2D eigenvalue weighted by atomic mass is 9.95. The van der Waals surface area contributed by atoms with Gasteiger partial charge in [0.25, 0.3) is 0 Å². The number of phenols is 3. The number of ketones is 1. The molecule has 6 N–H and O–H groups in total. The molecule has 0 aliphatic carbocycles. The zero-order valence-corrected chi connectivity index (χ0v) is 21.9. The largest absolute Gasteiger partial charge is 0.508 e. The Morgan fingerprint density at radius 1 is 0.952 bits per heavy atom. The minimum absolute atomic E-state index is 0.00529. The molecule has 1 saturated heterocycles. The van der Waals surface area contributed by atoms with Gasteiger partial charge in [-0.3, -0.25) is 4.79 Å². The summed E-state index contributed by atoms with van der Waals surface area (Å²) in [6.07, 6.45) is -6.09. The smallest absolute Gasteiger partial charge is 0.331 e. The molecule has 3 aromatic carbocycles. The summed E-state index contributed by atoms with van der Waals surface area (Å²) < 4.78 is 22.5. The van der Waals surface area contributed by atoms with Crippen LogP contribution < -0.4 is 9.47 Å². The molecule has 0 saturated carbocycles. The monoisotopic (exact) mass is 580 g/mol. The van der Waals surface area contributed by atoms with Crippen LogP contribution in [0.3, 0.4) is 0 Å². The maximum atomic E-state index is 12.8. The molecule has 0 spiro atoms. The number of carbonyl (C=O) groups excluding carboxylic acids is 2. The number of ether oxygens (including phenoxy) is 4. The average molecular weight is 581 g/mol. The lowest BCUT2D eigenvalue weighted by molar-refractivity contribution is -0.280. The molecule has 2 heterocycles. The van der Waals surface area contributed by atoms with Crippen molar-refractivity contribution in [2.45, 2.75) is 43.2 Å². The molecule has 6 atom stereocenters. The number of aliphatic hydroxyl groups is 3. The Hall–Kier alpha value is -4.62. The molecule has 0 radical (unpaired) electrons. The molecular formula is C30H28O12. The number of carbonyl (C=O) groups is 2. The number of rotatable bonds is 7. The van der Waals surface area contributed by atoms with Crippen molar-refractivity contribution in [1.29, 1.82) is 0 Å². The fourth-order valence-electron chi connectivity index (χ4n) is 4.70. The average Bonchev–Trinajstić information content (AvgIpc) is 2.96. The van der Waals surface area contributed by atoms with Gasteiger partial charge in [-0.15, -0.1) is 0 Å². The van der Waals surface area contributed by atoms with Gasteiger partial charge >= 0.3 is 5.97 Å². The van der Waals surface area contributed by atoms with Gasteiger partial charge in [0, 0.05) is 18.2 Å². The predicted octanol–water partition coefficient (Wildman–Crippen LogP) is 1.95. The fraction of sp³-hybridized carbons (Fsp3) is 0.267. The first-order valence-electron chi connectivity index (χ1n) is 13.0. The van der Waals surface area contributed by atoms with Crippen LogP contribution in [0.2, 0.25) is 0 Å². The Kier molecular flexibility index (Phi) is 8.31. The summed E-state index contributed by atoms with van der Waals surface area (Å²) in [5.74, 6) is -1.73. The molecule has 12 nitrogen and oxygen atoms in total. The Bertz CT molecular complexity index is 1470. The van der Waals surface area contributed by atoms with Gasteiger partial charge in [0.15, 0.2) is 18.0 Å². The van der Waals surface area contributed by atoms with E-state index in [2.05, 4.69) is 0 Å². The third-order valence-corrected chi connectivity index (χ3v) is 6.87. The molecule has 3 aromatic rings. The van der Waals surface area contributed by atoms with Crippen LogP contribution in [-0.4, -0.2) is 79.7 Å². The van der Waals surface area contributed by atoms with E-state index in [4.69, 9.17) is 18.9 Å². The van der Waals surface area contributed by atoms with Crippen LogP contribution in [0.5, 0.6) is 28.7 Å². The number of benzene rings is 3. The molecule has 0 bridgehead atoms. The second-order valence-electron chi connectivity index (χ2n) is 9.79. The number of hydrogen-bond acceptors (Lipinski definition) is 12. The maximum absolute atomic E-state index is 12.8. The molecule has 12 heteroatoms. The van der Waals surface area contributed by atoms with Crippen LogP contribution >= 0.6 is 0 Å². The minimum atomic E-state index is -1.74. The zero-order valence-electron chi connectivity index (χ0n) is 21.9. The number of phenolic OH excluding ortho intramolecular Hbond substituents is 3. The second-order valence-corrected chi connectivity index (χ2v) is 9.79. The molecule has 5 rings (SSSR count). The summed E-state index contributed by atoms with van der Waals surface area (Å²) >= 11 is 0. The molecule has 0 amide bonds. The molecule has 1 fully saturated rings. The topological polar surface area (TPSA) is 192 Å². The van der Waals surface area contributed by atoms with Gasteiger partial charge in [-0.1, -0.05) is 24.3 Å². The standard InChI is InChI=1S/C30H28O12/c31-14-24-27(37)29(42-25(36)10-3-15-1-6-17(32)7-2-15)28(38)30(41-24)39-19-11-20(34)26-21(35)13-22(40-23(26)12-19)16-4-8-18(33)9-5-16/h1-12,22,24,27-34,37-38H,13-14H2/t22?,24-,27-,28-,29+,30-/m1/s1. The zero-order chi connectivity index (χ0) is 30.0. The maximum Gasteiger partial charge on any atom is 0.331 e. The summed E-state index contributed by atoms with van der Waals surface area (Å²) in [5.41, 5.74) is 1.14. The van der Waals surface area contributed by atoms with Crippen LogP contribution in [-0.2, 0) is 14.3 Å². The molecule has 1 unspecified atom stereocenters. The highest BCUT2D eigenvalue weighted by molar-refractivity contribution is 6.02. The van der Waals surface area contributed by atoms with Crippen molar-refractivity contribution in [1.82, 2.24) is 0 Å². The van der Waals surface area contributed by atoms with E-state index in [1.807, 2.05) is 0 Å². The van der Waals surface area contributed by atoms with Crippen LogP contribution in [0.4, 0.5) is 0 Å². The molecular weight excluding hydrogens is 552 g/mol. The van der Waals surface area contributed by atoms with Gasteiger partial charge in [0.1, 0.15) is 52.6 Å². The second kappa shape index (κ2) is 12.1. The van der Waals surface area contributed by atoms with E-state index in [0.29, 0.717) is 11.1 Å². The van der Waals surface area contributed by atoms with Crippen molar-refractivity contribution in [3.05, 3.63) is 83.4 Å². The molecule has 220 valence electrons. The Morgan fingerprint density at radius 3 is 2.29 bits per heavy atom. The van der Waals surface area contributed by atoms with E-state index in [1.54, 1.807) is 24.3 Å². The van der Waals surface area contributed by atoms with E-state index < -0.39 is 55.1 Å². The number of aromatic hydroxyl groups is 3. The summed E-state index contributed by atoms with van der Waals surface area (Å²) in [6.45, 7) is -0.702. The summed E-state index contributed by atoms with van der Waals surface area (Å²) in [7, 11) is 0. The first kappa shape index (κ1) is 28.9. The SMILES string of the molecule is O=C(C=Cc1ccc(O)cc1)O[C@@H]1[C@@H](O)[C@H](Oc2cc(O)c3c(c2)OC(c2ccc(O)cc2)CC3=O)O[C@H](CO)[C@H]1O. The van der Waals surface area contributed by atoms with Crippen molar-refractivity contribution >= 4 is 17.8 Å². The van der Waals surface area contributed by atoms with E-state index in [1.165, 1.54) is 36.4 Å². The predicted molar refractivity (Wildman–Crippen MR) is 144 cm³/mol. The van der Waals surface area contributed by atoms with E-state index >= 15 is 0 Å². The summed E-state index contributed by atoms with van der Waals surface area (Å²) in [4.78, 5) is 25.3.